The van der Waals surface area contributed by atoms with E-state index in [4.69, 9.17) is 9.84 Å². The van der Waals surface area contributed by atoms with E-state index in [-0.39, 0.29) is 5.75 Å². The van der Waals surface area contributed by atoms with Crippen LogP contribution in [-0.4, -0.2) is 35.2 Å². The van der Waals surface area contributed by atoms with E-state index in [0.29, 0.717) is 18.1 Å². The molecule has 3 N–H and O–H groups in total. The van der Waals surface area contributed by atoms with Crippen molar-refractivity contribution in [3.8, 4) is 11.5 Å². The van der Waals surface area contributed by atoms with Gasteiger partial charge in [-0.2, -0.15) is 0 Å². The molecule has 5 heteroatoms. The van der Waals surface area contributed by atoms with E-state index in [9.17, 15) is 9.90 Å². The number of aromatic nitrogens is 1. The van der Waals surface area contributed by atoms with Crippen molar-refractivity contribution < 1.29 is 19.7 Å². The molecule has 0 unspecified atom stereocenters. The maximum atomic E-state index is 10.5. The Labute approximate surface area is 98.7 Å². The van der Waals surface area contributed by atoms with Crippen molar-refractivity contribution in [1.29, 1.82) is 0 Å². The predicted molar refractivity (Wildman–Crippen MR) is 64.7 cm³/mol. The first-order valence-electron chi connectivity index (χ1n) is 5.13. The van der Waals surface area contributed by atoms with Gasteiger partial charge in [-0.15, -0.1) is 0 Å². The highest BCUT2D eigenvalue weighted by Crippen LogP contribution is 2.31. The molecule has 0 aliphatic carbocycles. The van der Waals surface area contributed by atoms with Crippen LogP contribution in [0.3, 0.4) is 0 Å². The van der Waals surface area contributed by atoms with Crippen molar-refractivity contribution in [3.05, 3.63) is 23.9 Å². The Bertz CT molecular complexity index is 504. The van der Waals surface area contributed by atoms with E-state index in [1.807, 2.05) is 6.92 Å². The maximum Gasteiger partial charge on any atom is 0.166 e. The second-order valence-corrected chi connectivity index (χ2v) is 3.18. The van der Waals surface area contributed by atoms with Crippen LogP contribution in [0, 0.1) is 0 Å². The zero-order valence-electron chi connectivity index (χ0n) is 9.73. The number of aromatic amines is 1. The van der Waals surface area contributed by atoms with E-state index in [2.05, 4.69) is 4.98 Å². The van der Waals surface area contributed by atoms with Gasteiger partial charge in [0.05, 0.1) is 12.3 Å². The molecule has 0 radical (unpaired) electrons. The predicted octanol–water partition coefficient (Wildman–Crippen LogP) is 1.69. The minimum atomic E-state index is 0.0728. The molecule has 0 aliphatic rings. The normalized spacial score (nSPS) is 9.59. The molecule has 2 aromatic rings. The van der Waals surface area contributed by atoms with E-state index in [1.54, 1.807) is 18.2 Å². The summed E-state index contributed by atoms with van der Waals surface area (Å²) in [6, 6.07) is 4.97. The van der Waals surface area contributed by atoms with Crippen molar-refractivity contribution in [2.24, 2.45) is 0 Å². The van der Waals surface area contributed by atoms with Crippen LogP contribution in [0.4, 0.5) is 0 Å². The third-order valence-electron chi connectivity index (χ3n) is 2.15. The molecule has 92 valence electrons. The maximum absolute atomic E-state index is 10.5. The van der Waals surface area contributed by atoms with Gasteiger partial charge in [0.1, 0.15) is 0 Å². The number of phenolic OH excluding ortho intramolecular Hbond substituents is 1. The number of aliphatic hydroxyl groups excluding tert-OH is 1. The largest absolute Gasteiger partial charge is 0.504 e. The second kappa shape index (κ2) is 5.91. The summed E-state index contributed by atoms with van der Waals surface area (Å²) in [6.07, 6.45) is 0.734. The molecule has 1 heterocycles. The zero-order chi connectivity index (χ0) is 12.8. The lowest BCUT2D eigenvalue weighted by Crippen LogP contribution is -1.91. The first-order valence-corrected chi connectivity index (χ1v) is 5.13. The molecule has 17 heavy (non-hydrogen) atoms. The molecule has 0 aliphatic heterocycles. The summed E-state index contributed by atoms with van der Waals surface area (Å²) in [5, 5.41) is 17.4. The number of aromatic hydroxyl groups is 1. The summed E-state index contributed by atoms with van der Waals surface area (Å²) in [6.45, 7) is 2.33. The van der Waals surface area contributed by atoms with Crippen molar-refractivity contribution in [3.63, 3.8) is 0 Å². The number of aliphatic hydroxyl groups is 1. The second-order valence-electron chi connectivity index (χ2n) is 3.18. The summed E-state index contributed by atoms with van der Waals surface area (Å²) >= 11 is 0. The molecule has 0 spiro atoms. The first kappa shape index (κ1) is 13.1. The summed E-state index contributed by atoms with van der Waals surface area (Å²) in [4.78, 5) is 13.4. The first-order chi connectivity index (χ1) is 8.24. The lowest BCUT2D eigenvalue weighted by molar-refractivity contribution is 0.112. The number of rotatable bonds is 3. The molecule has 1 aromatic carbocycles. The summed E-state index contributed by atoms with van der Waals surface area (Å²) < 4.78 is 5.24. The van der Waals surface area contributed by atoms with Crippen molar-refractivity contribution in [1.82, 2.24) is 4.98 Å². The SMILES string of the molecule is CCOc1cc2cc(C=O)[nH]c2cc1O.CO. The lowest BCUT2D eigenvalue weighted by atomic mass is 10.2. The molecule has 0 atom stereocenters. The van der Waals surface area contributed by atoms with Gasteiger partial charge in [0.25, 0.3) is 0 Å². The summed E-state index contributed by atoms with van der Waals surface area (Å²) in [5.74, 6) is 0.505. The Morgan fingerprint density at radius 3 is 2.65 bits per heavy atom. The van der Waals surface area contributed by atoms with Crippen molar-refractivity contribution >= 4 is 17.2 Å². The number of carbonyl (C=O) groups excluding carboxylic acids is 1. The van der Waals surface area contributed by atoms with Crippen LogP contribution in [-0.2, 0) is 0 Å². The van der Waals surface area contributed by atoms with Crippen LogP contribution in [0.5, 0.6) is 11.5 Å². The summed E-state index contributed by atoms with van der Waals surface area (Å²) in [5.41, 5.74) is 1.20. The smallest absolute Gasteiger partial charge is 0.166 e. The molecule has 0 bridgehead atoms. The number of hydrogen-bond donors (Lipinski definition) is 3. The van der Waals surface area contributed by atoms with Gasteiger partial charge in [-0.05, 0) is 19.1 Å². The Balaban J connectivity index is 0.000000686. The number of fused-ring (bicyclic) bond motifs is 1. The Morgan fingerprint density at radius 2 is 2.06 bits per heavy atom. The van der Waals surface area contributed by atoms with E-state index in [1.165, 1.54) is 0 Å². The van der Waals surface area contributed by atoms with Crippen molar-refractivity contribution in [2.45, 2.75) is 6.92 Å². The number of ether oxygens (including phenoxy) is 1. The highest BCUT2D eigenvalue weighted by Gasteiger charge is 2.07. The molecular weight excluding hydrogens is 222 g/mol. The summed E-state index contributed by atoms with van der Waals surface area (Å²) in [7, 11) is 1.00. The number of carbonyl (C=O) groups is 1. The fourth-order valence-corrected chi connectivity index (χ4v) is 1.51. The fourth-order valence-electron chi connectivity index (χ4n) is 1.51. The van der Waals surface area contributed by atoms with Gasteiger partial charge >= 0.3 is 0 Å². The zero-order valence-corrected chi connectivity index (χ0v) is 9.73. The molecular formula is C12H15NO4. The van der Waals surface area contributed by atoms with E-state index in [0.717, 1.165) is 24.3 Å². The Morgan fingerprint density at radius 1 is 1.35 bits per heavy atom. The number of benzene rings is 1. The number of hydrogen-bond acceptors (Lipinski definition) is 4. The molecule has 5 nitrogen and oxygen atoms in total. The number of H-pyrrole nitrogens is 1. The highest BCUT2D eigenvalue weighted by atomic mass is 16.5. The van der Waals surface area contributed by atoms with E-state index >= 15 is 0 Å². The Kier molecular flexibility index (Phi) is 4.54. The van der Waals surface area contributed by atoms with Crippen LogP contribution in [0.2, 0.25) is 0 Å². The van der Waals surface area contributed by atoms with Crippen LogP contribution < -0.4 is 4.74 Å². The third-order valence-corrected chi connectivity index (χ3v) is 2.15. The fraction of sp³-hybridized carbons (Fsp3) is 0.250. The van der Waals surface area contributed by atoms with Crippen LogP contribution in [0.1, 0.15) is 17.4 Å². The van der Waals surface area contributed by atoms with Gasteiger partial charge in [0.15, 0.2) is 17.8 Å². The molecule has 0 saturated carbocycles. The number of phenols is 1. The van der Waals surface area contributed by atoms with Crippen molar-refractivity contribution in [2.75, 3.05) is 13.7 Å². The average molecular weight is 237 g/mol. The monoisotopic (exact) mass is 237 g/mol. The Hall–Kier alpha value is -2.01. The number of aldehydes is 1. The van der Waals surface area contributed by atoms with Gasteiger partial charge in [0, 0.05) is 24.1 Å². The molecule has 0 amide bonds. The number of nitrogens with one attached hydrogen (secondary N) is 1. The molecule has 2 rings (SSSR count). The molecule has 1 aromatic heterocycles. The topological polar surface area (TPSA) is 82.6 Å². The van der Waals surface area contributed by atoms with Crippen LogP contribution in [0.15, 0.2) is 18.2 Å². The standard InChI is InChI=1S/C11H11NO3.CH4O/c1-2-15-11-4-7-3-8(6-13)12-9(7)5-10(11)14;1-2/h3-6,12,14H,2H2,1H3;2H,1H3. The van der Waals surface area contributed by atoms with Gasteiger partial charge in [-0.25, -0.2) is 0 Å². The van der Waals surface area contributed by atoms with Crippen LogP contribution in [0.25, 0.3) is 10.9 Å². The molecule has 0 fully saturated rings. The van der Waals surface area contributed by atoms with Gasteiger partial charge in [-0.1, -0.05) is 0 Å². The van der Waals surface area contributed by atoms with Gasteiger partial charge in [0.2, 0.25) is 0 Å². The minimum absolute atomic E-state index is 0.0728. The average Bonchev–Trinajstić information content (AvgIpc) is 2.74. The van der Waals surface area contributed by atoms with E-state index < -0.39 is 0 Å². The third kappa shape index (κ3) is 2.76. The van der Waals surface area contributed by atoms with Gasteiger partial charge in [-0.3, -0.25) is 4.79 Å². The molecule has 0 saturated heterocycles. The minimum Gasteiger partial charge on any atom is -0.504 e. The highest BCUT2D eigenvalue weighted by molar-refractivity contribution is 5.89. The van der Waals surface area contributed by atoms with Gasteiger partial charge < -0.3 is 19.9 Å². The van der Waals surface area contributed by atoms with Crippen LogP contribution >= 0.6 is 0 Å². The quantitative estimate of drug-likeness (QED) is 0.709. The lowest BCUT2D eigenvalue weighted by Gasteiger charge is -2.04.